The number of amides is 1. The van der Waals surface area contributed by atoms with Gasteiger partial charge in [0.2, 0.25) is 5.91 Å². The van der Waals surface area contributed by atoms with E-state index < -0.39 is 0 Å². The van der Waals surface area contributed by atoms with Gasteiger partial charge in [-0.05, 0) is 37.1 Å². The van der Waals surface area contributed by atoms with Crippen LogP contribution in [0.2, 0.25) is 0 Å². The normalized spacial score (nSPS) is 19.6. The molecule has 1 amide bonds. The summed E-state index contributed by atoms with van der Waals surface area (Å²) < 4.78 is 10.5. The first-order chi connectivity index (χ1) is 9.63. The molecule has 20 heavy (non-hydrogen) atoms. The summed E-state index contributed by atoms with van der Waals surface area (Å²) in [4.78, 5) is 13.6. The topological polar surface area (TPSA) is 64.8 Å². The predicted molar refractivity (Wildman–Crippen MR) is 76.7 cm³/mol. The minimum atomic E-state index is -0.193. The fourth-order valence-electron chi connectivity index (χ4n) is 2.67. The third-order valence-electron chi connectivity index (χ3n) is 3.76. The lowest BCUT2D eigenvalue weighted by Crippen LogP contribution is -2.40. The van der Waals surface area contributed by atoms with Crippen molar-refractivity contribution in [2.45, 2.75) is 19.4 Å². The molecule has 110 valence electrons. The molecule has 1 aliphatic rings. The molecule has 1 atom stereocenters. The zero-order valence-corrected chi connectivity index (χ0v) is 12.1. The molecule has 1 aliphatic heterocycles. The van der Waals surface area contributed by atoms with Crippen LogP contribution in [-0.4, -0.2) is 38.1 Å². The van der Waals surface area contributed by atoms with Crippen LogP contribution in [0.1, 0.15) is 18.4 Å². The first-order valence-electron chi connectivity index (χ1n) is 6.86. The molecule has 0 spiro atoms. The Balaban J connectivity index is 2.04. The Morgan fingerprint density at radius 1 is 1.35 bits per heavy atom. The fourth-order valence-corrected chi connectivity index (χ4v) is 2.67. The number of hydrogen-bond acceptors (Lipinski definition) is 4. The third-order valence-corrected chi connectivity index (χ3v) is 3.76. The molecule has 0 aromatic heterocycles. The smallest absolute Gasteiger partial charge is 0.221 e. The lowest BCUT2D eigenvalue weighted by molar-refractivity contribution is -0.123. The molecule has 0 radical (unpaired) electrons. The summed E-state index contributed by atoms with van der Waals surface area (Å²) in [6.45, 7) is 2.53. The van der Waals surface area contributed by atoms with Crippen molar-refractivity contribution in [3.63, 3.8) is 0 Å². The van der Waals surface area contributed by atoms with Crippen LogP contribution in [0.25, 0.3) is 0 Å². The van der Waals surface area contributed by atoms with E-state index in [0.717, 1.165) is 49.5 Å². The first kappa shape index (κ1) is 14.7. The number of primary amides is 1. The monoisotopic (exact) mass is 278 g/mol. The Kier molecular flexibility index (Phi) is 4.84. The summed E-state index contributed by atoms with van der Waals surface area (Å²) in [5.74, 6) is 1.24. The molecule has 0 saturated carbocycles. The van der Waals surface area contributed by atoms with Crippen molar-refractivity contribution in [1.29, 1.82) is 0 Å². The van der Waals surface area contributed by atoms with Gasteiger partial charge in [-0.1, -0.05) is 6.07 Å². The lowest BCUT2D eigenvalue weighted by atomic mass is 9.97. The molecule has 1 heterocycles. The number of likely N-dealkylation sites (tertiary alicyclic amines) is 1. The van der Waals surface area contributed by atoms with Crippen LogP contribution in [-0.2, 0) is 11.3 Å². The molecule has 1 unspecified atom stereocenters. The van der Waals surface area contributed by atoms with Crippen LogP contribution in [0.15, 0.2) is 18.2 Å². The Labute approximate surface area is 119 Å². The van der Waals surface area contributed by atoms with Gasteiger partial charge in [0.15, 0.2) is 11.5 Å². The van der Waals surface area contributed by atoms with Crippen molar-refractivity contribution in [3.8, 4) is 11.5 Å². The van der Waals surface area contributed by atoms with Gasteiger partial charge >= 0.3 is 0 Å². The van der Waals surface area contributed by atoms with Gasteiger partial charge in [-0.3, -0.25) is 9.69 Å². The standard InChI is InChI=1S/C15H22N2O3/c1-19-13-6-5-11(8-14(13)20-2)9-17-7-3-4-12(10-17)15(16)18/h5-6,8,12H,3-4,7,9-10H2,1-2H3,(H2,16,18). The molecule has 5 heteroatoms. The van der Waals surface area contributed by atoms with Gasteiger partial charge < -0.3 is 15.2 Å². The van der Waals surface area contributed by atoms with Crippen molar-refractivity contribution in [2.75, 3.05) is 27.3 Å². The second-order valence-electron chi connectivity index (χ2n) is 5.17. The third kappa shape index (κ3) is 3.42. The summed E-state index contributed by atoms with van der Waals surface area (Å²) in [6, 6.07) is 5.91. The molecule has 1 aromatic carbocycles. The number of methoxy groups -OCH3 is 2. The average molecular weight is 278 g/mol. The van der Waals surface area contributed by atoms with Crippen LogP contribution >= 0.6 is 0 Å². The van der Waals surface area contributed by atoms with Crippen molar-refractivity contribution in [1.82, 2.24) is 4.90 Å². The number of ether oxygens (including phenoxy) is 2. The highest BCUT2D eigenvalue weighted by molar-refractivity contribution is 5.76. The number of nitrogens with zero attached hydrogens (tertiary/aromatic N) is 1. The van der Waals surface area contributed by atoms with E-state index in [2.05, 4.69) is 4.90 Å². The molecule has 2 rings (SSSR count). The molecule has 0 aliphatic carbocycles. The van der Waals surface area contributed by atoms with Gasteiger partial charge in [0.1, 0.15) is 0 Å². The highest BCUT2D eigenvalue weighted by Gasteiger charge is 2.24. The average Bonchev–Trinajstić information content (AvgIpc) is 2.47. The van der Waals surface area contributed by atoms with E-state index >= 15 is 0 Å². The lowest BCUT2D eigenvalue weighted by Gasteiger charge is -2.31. The van der Waals surface area contributed by atoms with E-state index in [4.69, 9.17) is 15.2 Å². The van der Waals surface area contributed by atoms with E-state index in [9.17, 15) is 4.79 Å². The number of piperidine rings is 1. The molecule has 0 bridgehead atoms. The quantitative estimate of drug-likeness (QED) is 0.884. The summed E-state index contributed by atoms with van der Waals surface area (Å²) >= 11 is 0. The van der Waals surface area contributed by atoms with Crippen LogP contribution in [0.5, 0.6) is 11.5 Å². The van der Waals surface area contributed by atoms with E-state index in [1.54, 1.807) is 14.2 Å². The van der Waals surface area contributed by atoms with Crippen molar-refractivity contribution in [3.05, 3.63) is 23.8 Å². The molecule has 1 saturated heterocycles. The predicted octanol–water partition coefficient (Wildman–Crippen LogP) is 1.40. The number of hydrogen-bond donors (Lipinski definition) is 1. The van der Waals surface area contributed by atoms with E-state index in [1.807, 2.05) is 18.2 Å². The van der Waals surface area contributed by atoms with Crippen molar-refractivity contribution in [2.24, 2.45) is 11.7 Å². The van der Waals surface area contributed by atoms with Gasteiger partial charge in [-0.25, -0.2) is 0 Å². The highest BCUT2D eigenvalue weighted by atomic mass is 16.5. The number of benzene rings is 1. The maximum absolute atomic E-state index is 11.3. The van der Waals surface area contributed by atoms with E-state index in [1.165, 1.54) is 0 Å². The molecule has 2 N–H and O–H groups in total. The molecule has 1 aromatic rings. The van der Waals surface area contributed by atoms with Gasteiger partial charge in [-0.15, -0.1) is 0 Å². The Morgan fingerprint density at radius 2 is 2.10 bits per heavy atom. The maximum atomic E-state index is 11.3. The van der Waals surface area contributed by atoms with Gasteiger partial charge in [0, 0.05) is 13.1 Å². The van der Waals surface area contributed by atoms with Crippen molar-refractivity contribution >= 4 is 5.91 Å². The molecular weight excluding hydrogens is 256 g/mol. The second-order valence-corrected chi connectivity index (χ2v) is 5.17. The van der Waals surface area contributed by atoms with Gasteiger partial charge in [0.25, 0.3) is 0 Å². The Bertz CT molecular complexity index is 476. The van der Waals surface area contributed by atoms with Crippen LogP contribution in [0, 0.1) is 5.92 Å². The molecular formula is C15H22N2O3. The maximum Gasteiger partial charge on any atom is 0.221 e. The van der Waals surface area contributed by atoms with Gasteiger partial charge in [0.05, 0.1) is 20.1 Å². The number of rotatable bonds is 5. The zero-order chi connectivity index (χ0) is 14.5. The second kappa shape index (κ2) is 6.61. The largest absolute Gasteiger partial charge is 0.493 e. The highest BCUT2D eigenvalue weighted by Crippen LogP contribution is 2.28. The van der Waals surface area contributed by atoms with E-state index in [0.29, 0.717) is 0 Å². The SMILES string of the molecule is COc1ccc(CN2CCCC(C(N)=O)C2)cc1OC. The number of carbonyl (C=O) groups excluding carboxylic acids is 1. The Morgan fingerprint density at radius 3 is 2.75 bits per heavy atom. The van der Waals surface area contributed by atoms with E-state index in [-0.39, 0.29) is 11.8 Å². The Hall–Kier alpha value is -1.75. The number of carbonyl (C=O) groups is 1. The zero-order valence-electron chi connectivity index (χ0n) is 12.1. The van der Waals surface area contributed by atoms with Gasteiger partial charge in [-0.2, -0.15) is 0 Å². The van der Waals surface area contributed by atoms with Crippen LogP contribution < -0.4 is 15.2 Å². The van der Waals surface area contributed by atoms with Crippen molar-refractivity contribution < 1.29 is 14.3 Å². The minimum absolute atomic E-state index is 0.0242. The summed E-state index contributed by atoms with van der Waals surface area (Å²) in [5, 5.41) is 0. The summed E-state index contributed by atoms with van der Waals surface area (Å²) in [6.07, 6.45) is 1.92. The van der Waals surface area contributed by atoms with Crippen LogP contribution in [0.4, 0.5) is 0 Å². The number of nitrogens with two attached hydrogens (primary N) is 1. The molecule has 1 fully saturated rings. The summed E-state index contributed by atoms with van der Waals surface area (Å²) in [5.41, 5.74) is 6.55. The minimum Gasteiger partial charge on any atom is -0.493 e. The fraction of sp³-hybridized carbons (Fsp3) is 0.533. The molecule has 5 nitrogen and oxygen atoms in total. The first-order valence-corrected chi connectivity index (χ1v) is 6.86. The summed E-state index contributed by atoms with van der Waals surface area (Å²) in [7, 11) is 3.26. The van der Waals surface area contributed by atoms with Crippen LogP contribution in [0.3, 0.4) is 0 Å².